The molecule has 2 aromatic rings. The summed E-state index contributed by atoms with van der Waals surface area (Å²) in [5.41, 5.74) is 2.12. The summed E-state index contributed by atoms with van der Waals surface area (Å²) >= 11 is 0. The SMILES string of the molecule is Cc1ccc(S(=O)(=O)Cl)cc1-c1cccc(F)c1. The van der Waals surface area contributed by atoms with Gasteiger partial charge in [-0.25, -0.2) is 12.8 Å². The minimum atomic E-state index is -3.78. The Balaban J connectivity index is 2.64. The van der Waals surface area contributed by atoms with Crippen molar-refractivity contribution in [2.24, 2.45) is 0 Å². The summed E-state index contributed by atoms with van der Waals surface area (Å²) in [6.45, 7) is 1.82. The molecule has 0 bridgehead atoms. The zero-order chi connectivity index (χ0) is 13.3. The standard InChI is InChI=1S/C13H10ClFO2S/c1-9-5-6-12(18(14,16)17)8-13(9)10-3-2-4-11(15)7-10/h2-8H,1H3. The van der Waals surface area contributed by atoms with E-state index in [0.29, 0.717) is 11.1 Å². The van der Waals surface area contributed by atoms with Gasteiger partial charge >= 0.3 is 0 Å². The van der Waals surface area contributed by atoms with Gasteiger partial charge in [0.1, 0.15) is 5.82 Å². The van der Waals surface area contributed by atoms with E-state index in [1.807, 2.05) is 6.92 Å². The van der Waals surface area contributed by atoms with Gasteiger partial charge in [-0.2, -0.15) is 0 Å². The maximum Gasteiger partial charge on any atom is 0.261 e. The number of aryl methyl sites for hydroxylation is 1. The highest BCUT2D eigenvalue weighted by Gasteiger charge is 2.12. The molecule has 2 aromatic carbocycles. The lowest BCUT2D eigenvalue weighted by atomic mass is 10.0. The molecule has 0 aliphatic rings. The second-order valence-electron chi connectivity index (χ2n) is 3.92. The van der Waals surface area contributed by atoms with Gasteiger partial charge < -0.3 is 0 Å². The van der Waals surface area contributed by atoms with Crippen molar-refractivity contribution in [3.05, 3.63) is 53.8 Å². The zero-order valence-electron chi connectivity index (χ0n) is 9.52. The molecule has 0 aliphatic carbocycles. The number of hydrogen-bond donors (Lipinski definition) is 0. The van der Waals surface area contributed by atoms with Crippen molar-refractivity contribution >= 4 is 19.7 Å². The van der Waals surface area contributed by atoms with Crippen LogP contribution in [0, 0.1) is 12.7 Å². The Morgan fingerprint density at radius 2 is 1.83 bits per heavy atom. The Kier molecular flexibility index (Phi) is 3.41. The van der Waals surface area contributed by atoms with Crippen LogP contribution in [-0.2, 0) is 9.05 Å². The molecule has 0 N–H and O–H groups in total. The van der Waals surface area contributed by atoms with Crippen LogP contribution in [0.25, 0.3) is 11.1 Å². The maximum absolute atomic E-state index is 13.2. The molecule has 0 aliphatic heterocycles. The fraction of sp³-hybridized carbons (Fsp3) is 0.0769. The van der Waals surface area contributed by atoms with Crippen LogP contribution >= 0.6 is 10.7 Å². The van der Waals surface area contributed by atoms with E-state index in [1.165, 1.54) is 24.3 Å². The molecule has 0 fully saturated rings. The van der Waals surface area contributed by atoms with Gasteiger partial charge in [-0.3, -0.25) is 0 Å². The Hall–Kier alpha value is -1.39. The first-order valence-electron chi connectivity index (χ1n) is 5.19. The van der Waals surface area contributed by atoms with E-state index in [2.05, 4.69) is 0 Å². The molecule has 2 nitrogen and oxygen atoms in total. The molecule has 0 amide bonds. The molecule has 5 heteroatoms. The first-order valence-corrected chi connectivity index (χ1v) is 7.50. The van der Waals surface area contributed by atoms with Crippen LogP contribution in [0.5, 0.6) is 0 Å². The third-order valence-electron chi connectivity index (χ3n) is 2.63. The quantitative estimate of drug-likeness (QED) is 0.788. The van der Waals surface area contributed by atoms with E-state index in [0.717, 1.165) is 5.56 Å². The van der Waals surface area contributed by atoms with Crippen molar-refractivity contribution < 1.29 is 12.8 Å². The zero-order valence-corrected chi connectivity index (χ0v) is 11.1. The molecular weight excluding hydrogens is 275 g/mol. The van der Waals surface area contributed by atoms with Gasteiger partial charge in [-0.05, 0) is 47.9 Å². The fourth-order valence-corrected chi connectivity index (χ4v) is 2.50. The van der Waals surface area contributed by atoms with Crippen LogP contribution in [0.1, 0.15) is 5.56 Å². The van der Waals surface area contributed by atoms with E-state index >= 15 is 0 Å². The number of rotatable bonds is 2. The third kappa shape index (κ3) is 2.71. The van der Waals surface area contributed by atoms with Crippen molar-refractivity contribution in [1.29, 1.82) is 0 Å². The van der Waals surface area contributed by atoms with Crippen LogP contribution < -0.4 is 0 Å². The monoisotopic (exact) mass is 284 g/mol. The van der Waals surface area contributed by atoms with E-state index < -0.39 is 9.05 Å². The van der Waals surface area contributed by atoms with Crippen molar-refractivity contribution in [3.8, 4) is 11.1 Å². The molecule has 2 rings (SSSR count). The Labute approximate surface area is 109 Å². The molecule has 0 unspecified atom stereocenters. The predicted octanol–water partition coefficient (Wildman–Crippen LogP) is 3.73. The van der Waals surface area contributed by atoms with Crippen LogP contribution in [0.2, 0.25) is 0 Å². The van der Waals surface area contributed by atoms with Gasteiger partial charge in [0.05, 0.1) is 4.90 Å². The summed E-state index contributed by atoms with van der Waals surface area (Å²) < 4.78 is 35.7. The highest BCUT2D eigenvalue weighted by Crippen LogP contribution is 2.28. The first kappa shape index (κ1) is 13.1. The topological polar surface area (TPSA) is 34.1 Å². The van der Waals surface area contributed by atoms with E-state index in [9.17, 15) is 12.8 Å². The summed E-state index contributed by atoms with van der Waals surface area (Å²) in [4.78, 5) is 0.00836. The smallest absolute Gasteiger partial charge is 0.207 e. The van der Waals surface area contributed by atoms with Crippen LogP contribution in [0.15, 0.2) is 47.4 Å². The summed E-state index contributed by atoms with van der Waals surface area (Å²) in [7, 11) is 1.52. The molecule has 0 atom stereocenters. The Morgan fingerprint density at radius 1 is 1.11 bits per heavy atom. The first-order chi connectivity index (χ1) is 8.38. The second-order valence-corrected chi connectivity index (χ2v) is 6.49. The van der Waals surface area contributed by atoms with Gasteiger partial charge in [-0.1, -0.05) is 18.2 Å². The van der Waals surface area contributed by atoms with Crippen LogP contribution in [0.4, 0.5) is 4.39 Å². The molecular formula is C13H10ClFO2S. The molecule has 18 heavy (non-hydrogen) atoms. The van der Waals surface area contributed by atoms with Crippen molar-refractivity contribution in [2.75, 3.05) is 0 Å². The average molecular weight is 285 g/mol. The molecule has 0 aromatic heterocycles. The fourth-order valence-electron chi connectivity index (χ4n) is 1.72. The highest BCUT2D eigenvalue weighted by molar-refractivity contribution is 8.13. The predicted molar refractivity (Wildman–Crippen MR) is 69.6 cm³/mol. The maximum atomic E-state index is 13.2. The molecule has 0 radical (unpaired) electrons. The minimum absolute atomic E-state index is 0.00836. The van der Waals surface area contributed by atoms with Crippen molar-refractivity contribution in [2.45, 2.75) is 11.8 Å². The Morgan fingerprint density at radius 3 is 2.44 bits per heavy atom. The molecule has 0 heterocycles. The van der Waals surface area contributed by atoms with E-state index in [1.54, 1.807) is 18.2 Å². The lowest BCUT2D eigenvalue weighted by molar-refractivity contribution is 0.609. The normalized spacial score (nSPS) is 11.5. The van der Waals surface area contributed by atoms with Gasteiger partial charge in [-0.15, -0.1) is 0 Å². The molecule has 0 saturated heterocycles. The van der Waals surface area contributed by atoms with Crippen LogP contribution in [-0.4, -0.2) is 8.42 Å². The third-order valence-corrected chi connectivity index (χ3v) is 3.98. The number of halogens is 2. The van der Waals surface area contributed by atoms with Gasteiger partial charge in [0.25, 0.3) is 9.05 Å². The summed E-state index contributed by atoms with van der Waals surface area (Å²) in [5, 5.41) is 0. The summed E-state index contributed by atoms with van der Waals surface area (Å²) in [6, 6.07) is 10.5. The Bertz CT molecular complexity index is 696. The molecule has 0 saturated carbocycles. The summed E-state index contributed by atoms with van der Waals surface area (Å²) in [5.74, 6) is -0.369. The number of benzene rings is 2. The average Bonchev–Trinajstić information content (AvgIpc) is 2.28. The lowest BCUT2D eigenvalue weighted by Crippen LogP contribution is -1.93. The number of hydrogen-bond acceptors (Lipinski definition) is 2. The van der Waals surface area contributed by atoms with Crippen molar-refractivity contribution in [3.63, 3.8) is 0 Å². The lowest BCUT2D eigenvalue weighted by Gasteiger charge is -2.07. The van der Waals surface area contributed by atoms with Gasteiger partial charge in [0, 0.05) is 10.7 Å². The van der Waals surface area contributed by atoms with Crippen LogP contribution in [0.3, 0.4) is 0 Å². The van der Waals surface area contributed by atoms with Crippen molar-refractivity contribution in [1.82, 2.24) is 0 Å². The summed E-state index contributed by atoms with van der Waals surface area (Å²) in [6.07, 6.45) is 0. The van der Waals surface area contributed by atoms with Gasteiger partial charge in [0.15, 0.2) is 0 Å². The molecule has 0 spiro atoms. The second kappa shape index (κ2) is 4.71. The minimum Gasteiger partial charge on any atom is -0.207 e. The largest absolute Gasteiger partial charge is 0.261 e. The molecule has 94 valence electrons. The van der Waals surface area contributed by atoms with Gasteiger partial charge in [0.2, 0.25) is 0 Å². The van der Waals surface area contributed by atoms with E-state index in [-0.39, 0.29) is 10.7 Å². The highest BCUT2D eigenvalue weighted by atomic mass is 35.7. The van der Waals surface area contributed by atoms with E-state index in [4.69, 9.17) is 10.7 Å².